The molecule has 1 aromatic carbocycles. The average Bonchev–Trinajstić information content (AvgIpc) is 3.34. The Morgan fingerprint density at radius 1 is 1.23 bits per heavy atom. The van der Waals surface area contributed by atoms with Gasteiger partial charge in [-0.3, -0.25) is 4.79 Å². The van der Waals surface area contributed by atoms with E-state index in [1.807, 2.05) is 0 Å². The molecule has 1 fully saturated rings. The van der Waals surface area contributed by atoms with Crippen LogP contribution in [0.15, 0.2) is 30.3 Å². The largest absolute Gasteiger partial charge is 0.348 e. The standard InChI is InChI=1S/C17H20N4O/c1-3-12-6-4-5-11(2)16(12)19-15-10-9-14(20-21-15)17(22)18-13-7-8-13/h4-6,9-10,13H,3,7-8H2,1-2H3,(H,18,22)(H,19,21). The molecule has 3 rings (SSSR count). The summed E-state index contributed by atoms with van der Waals surface area (Å²) in [6, 6.07) is 10.0. The number of nitrogens with zero attached hydrogens (tertiary/aromatic N) is 2. The van der Waals surface area contributed by atoms with Gasteiger partial charge < -0.3 is 10.6 Å². The Labute approximate surface area is 130 Å². The van der Waals surface area contributed by atoms with Crippen molar-refractivity contribution in [2.75, 3.05) is 5.32 Å². The Morgan fingerprint density at radius 2 is 2.05 bits per heavy atom. The molecule has 114 valence electrons. The topological polar surface area (TPSA) is 66.9 Å². The maximum Gasteiger partial charge on any atom is 0.272 e. The molecular formula is C17H20N4O. The average molecular weight is 296 g/mol. The van der Waals surface area contributed by atoms with E-state index in [1.165, 1.54) is 5.56 Å². The molecule has 22 heavy (non-hydrogen) atoms. The summed E-state index contributed by atoms with van der Waals surface area (Å²) < 4.78 is 0. The number of hydrogen-bond donors (Lipinski definition) is 2. The van der Waals surface area contributed by atoms with Gasteiger partial charge in [-0.2, -0.15) is 0 Å². The predicted octanol–water partition coefficient (Wildman–Crippen LogP) is 2.98. The number of aromatic nitrogens is 2. The van der Waals surface area contributed by atoms with Crippen LogP contribution in [0, 0.1) is 6.92 Å². The van der Waals surface area contributed by atoms with Gasteiger partial charge in [-0.25, -0.2) is 0 Å². The lowest BCUT2D eigenvalue weighted by Crippen LogP contribution is -2.26. The van der Waals surface area contributed by atoms with Gasteiger partial charge in [0.1, 0.15) is 0 Å². The van der Waals surface area contributed by atoms with E-state index in [4.69, 9.17) is 0 Å². The summed E-state index contributed by atoms with van der Waals surface area (Å²) in [5.74, 6) is 0.499. The van der Waals surface area contributed by atoms with E-state index < -0.39 is 0 Å². The summed E-state index contributed by atoms with van der Waals surface area (Å²) in [6.07, 6.45) is 3.07. The van der Waals surface area contributed by atoms with Gasteiger partial charge in [0.05, 0.1) is 0 Å². The normalized spacial score (nSPS) is 13.7. The first-order valence-corrected chi connectivity index (χ1v) is 7.67. The van der Waals surface area contributed by atoms with Crippen LogP contribution in [0.5, 0.6) is 0 Å². The predicted molar refractivity (Wildman–Crippen MR) is 86.4 cm³/mol. The number of aryl methyl sites for hydroxylation is 2. The van der Waals surface area contributed by atoms with E-state index in [9.17, 15) is 4.79 Å². The van der Waals surface area contributed by atoms with E-state index >= 15 is 0 Å². The van der Waals surface area contributed by atoms with E-state index in [1.54, 1.807) is 12.1 Å². The van der Waals surface area contributed by atoms with Crippen molar-refractivity contribution in [3.05, 3.63) is 47.2 Å². The van der Waals surface area contributed by atoms with Gasteiger partial charge in [0.2, 0.25) is 0 Å². The second kappa shape index (κ2) is 6.13. The van der Waals surface area contributed by atoms with Gasteiger partial charge in [-0.05, 0) is 49.4 Å². The zero-order valence-corrected chi connectivity index (χ0v) is 12.9. The number of carbonyl (C=O) groups is 1. The number of rotatable bonds is 5. The summed E-state index contributed by atoms with van der Waals surface area (Å²) in [6.45, 7) is 4.18. The molecule has 0 bridgehead atoms. The molecule has 1 heterocycles. The Hall–Kier alpha value is -2.43. The van der Waals surface area contributed by atoms with Crippen molar-refractivity contribution in [2.24, 2.45) is 0 Å². The van der Waals surface area contributed by atoms with Gasteiger partial charge >= 0.3 is 0 Å². The molecule has 1 aliphatic rings. The van der Waals surface area contributed by atoms with Crippen LogP contribution in [-0.2, 0) is 6.42 Å². The van der Waals surface area contributed by atoms with Gasteiger partial charge in [0.25, 0.3) is 5.91 Å². The molecule has 5 nitrogen and oxygen atoms in total. The molecule has 0 unspecified atom stereocenters. The lowest BCUT2D eigenvalue weighted by molar-refractivity contribution is 0.0945. The fraction of sp³-hybridized carbons (Fsp3) is 0.353. The lowest BCUT2D eigenvalue weighted by atomic mass is 10.1. The summed E-state index contributed by atoms with van der Waals surface area (Å²) >= 11 is 0. The van der Waals surface area contributed by atoms with E-state index in [0.29, 0.717) is 17.6 Å². The van der Waals surface area contributed by atoms with Crippen molar-refractivity contribution in [3.8, 4) is 0 Å². The van der Waals surface area contributed by atoms with Crippen molar-refractivity contribution in [3.63, 3.8) is 0 Å². The van der Waals surface area contributed by atoms with Gasteiger partial charge in [0, 0.05) is 11.7 Å². The summed E-state index contributed by atoms with van der Waals surface area (Å²) in [5, 5.41) is 14.3. The molecule has 0 saturated heterocycles. The summed E-state index contributed by atoms with van der Waals surface area (Å²) in [7, 11) is 0. The van der Waals surface area contributed by atoms with Crippen molar-refractivity contribution < 1.29 is 4.79 Å². The summed E-state index contributed by atoms with van der Waals surface area (Å²) in [4.78, 5) is 11.9. The Bertz CT molecular complexity index is 678. The fourth-order valence-corrected chi connectivity index (χ4v) is 2.34. The van der Waals surface area contributed by atoms with Crippen LogP contribution in [0.2, 0.25) is 0 Å². The lowest BCUT2D eigenvalue weighted by Gasteiger charge is -2.13. The number of para-hydroxylation sites is 1. The molecule has 0 spiro atoms. The van der Waals surface area contributed by atoms with Crippen molar-refractivity contribution >= 4 is 17.4 Å². The number of amides is 1. The molecule has 5 heteroatoms. The minimum atomic E-state index is -0.147. The third-order valence-electron chi connectivity index (χ3n) is 3.80. The Morgan fingerprint density at radius 3 is 2.68 bits per heavy atom. The highest BCUT2D eigenvalue weighted by atomic mass is 16.2. The third kappa shape index (κ3) is 3.24. The molecule has 2 aromatic rings. The first kappa shape index (κ1) is 14.5. The van der Waals surface area contributed by atoms with Crippen LogP contribution in [0.3, 0.4) is 0 Å². The zero-order valence-electron chi connectivity index (χ0n) is 12.9. The van der Waals surface area contributed by atoms with Crippen LogP contribution in [0.25, 0.3) is 0 Å². The monoisotopic (exact) mass is 296 g/mol. The van der Waals surface area contributed by atoms with Crippen molar-refractivity contribution in [2.45, 2.75) is 39.2 Å². The maximum atomic E-state index is 11.9. The summed E-state index contributed by atoms with van der Waals surface area (Å²) in [5.41, 5.74) is 3.82. The number of nitrogens with one attached hydrogen (secondary N) is 2. The van der Waals surface area contributed by atoms with Crippen LogP contribution in [0.4, 0.5) is 11.5 Å². The second-order valence-electron chi connectivity index (χ2n) is 5.64. The minimum absolute atomic E-state index is 0.147. The number of carbonyl (C=O) groups excluding carboxylic acids is 1. The quantitative estimate of drug-likeness (QED) is 0.890. The SMILES string of the molecule is CCc1cccc(C)c1Nc1ccc(C(=O)NC2CC2)nn1. The van der Waals surface area contributed by atoms with Gasteiger partial charge in [-0.1, -0.05) is 25.1 Å². The van der Waals surface area contributed by atoms with Gasteiger partial charge in [0.15, 0.2) is 11.5 Å². The highest BCUT2D eigenvalue weighted by molar-refractivity contribution is 5.92. The first-order valence-electron chi connectivity index (χ1n) is 7.67. The molecule has 0 aliphatic heterocycles. The number of hydrogen-bond acceptors (Lipinski definition) is 4. The second-order valence-corrected chi connectivity index (χ2v) is 5.64. The van der Waals surface area contributed by atoms with Gasteiger partial charge in [-0.15, -0.1) is 10.2 Å². The highest BCUT2D eigenvalue weighted by Gasteiger charge is 2.24. The maximum absolute atomic E-state index is 11.9. The van der Waals surface area contributed by atoms with Crippen LogP contribution in [-0.4, -0.2) is 22.1 Å². The van der Waals surface area contributed by atoms with Crippen molar-refractivity contribution in [1.82, 2.24) is 15.5 Å². The zero-order chi connectivity index (χ0) is 15.5. The molecular weight excluding hydrogens is 276 g/mol. The molecule has 1 aliphatic carbocycles. The van der Waals surface area contributed by atoms with Crippen LogP contribution in [0.1, 0.15) is 41.4 Å². The molecule has 1 amide bonds. The van der Waals surface area contributed by atoms with Crippen LogP contribution >= 0.6 is 0 Å². The molecule has 0 atom stereocenters. The third-order valence-corrected chi connectivity index (χ3v) is 3.80. The van der Waals surface area contributed by atoms with E-state index in [0.717, 1.165) is 30.5 Å². The molecule has 2 N–H and O–H groups in total. The number of anilines is 2. The van der Waals surface area contributed by atoms with E-state index in [-0.39, 0.29) is 5.91 Å². The molecule has 0 radical (unpaired) electrons. The minimum Gasteiger partial charge on any atom is -0.348 e. The first-order chi connectivity index (χ1) is 10.7. The number of benzene rings is 1. The highest BCUT2D eigenvalue weighted by Crippen LogP contribution is 2.24. The molecule has 1 aromatic heterocycles. The fourth-order valence-electron chi connectivity index (χ4n) is 2.34. The Kier molecular flexibility index (Phi) is 4.04. The van der Waals surface area contributed by atoms with Crippen LogP contribution < -0.4 is 10.6 Å². The van der Waals surface area contributed by atoms with Crippen molar-refractivity contribution in [1.29, 1.82) is 0 Å². The Balaban J connectivity index is 1.74. The molecule has 1 saturated carbocycles. The van der Waals surface area contributed by atoms with E-state index in [2.05, 4.69) is 52.9 Å². The smallest absolute Gasteiger partial charge is 0.272 e.